The second-order valence-electron chi connectivity index (χ2n) is 3.86. The summed E-state index contributed by atoms with van der Waals surface area (Å²) in [7, 11) is 0. The van der Waals surface area contributed by atoms with Crippen molar-refractivity contribution in [3.05, 3.63) is 41.3 Å². The number of aromatic nitrogens is 1. The molecular formula is C12H13N3O2. The van der Waals surface area contributed by atoms with Crippen molar-refractivity contribution >= 4 is 17.3 Å². The lowest BCUT2D eigenvalue weighted by Gasteiger charge is -2.05. The van der Waals surface area contributed by atoms with Crippen LogP contribution in [-0.4, -0.2) is 11.1 Å². The quantitative estimate of drug-likeness (QED) is 0.776. The molecule has 1 aromatic carbocycles. The van der Waals surface area contributed by atoms with Gasteiger partial charge in [-0.1, -0.05) is 11.2 Å². The summed E-state index contributed by atoms with van der Waals surface area (Å²) in [5, 5.41) is 6.34. The number of aryl methyl sites for hydroxylation is 2. The topological polar surface area (TPSA) is 81.2 Å². The maximum Gasteiger partial charge on any atom is 0.294 e. The minimum absolute atomic E-state index is 0.182. The first-order valence-electron chi connectivity index (χ1n) is 5.17. The van der Waals surface area contributed by atoms with E-state index in [1.54, 1.807) is 25.1 Å². The van der Waals surface area contributed by atoms with E-state index >= 15 is 0 Å². The number of nitrogens with two attached hydrogens (primary N) is 1. The summed E-state index contributed by atoms with van der Waals surface area (Å²) in [5.74, 6) is -0.157. The average Bonchev–Trinajstić information content (AvgIpc) is 2.70. The number of nitrogens with one attached hydrogen (secondary N) is 1. The second kappa shape index (κ2) is 4.29. The summed E-state index contributed by atoms with van der Waals surface area (Å²) in [6.07, 6.45) is 0. The van der Waals surface area contributed by atoms with Gasteiger partial charge in [0.05, 0.1) is 5.69 Å². The Balaban J connectivity index is 2.15. The summed E-state index contributed by atoms with van der Waals surface area (Å²) in [5.41, 5.74) is 8.66. The van der Waals surface area contributed by atoms with Crippen LogP contribution in [0.1, 0.15) is 21.8 Å². The van der Waals surface area contributed by atoms with E-state index in [1.165, 1.54) is 0 Å². The van der Waals surface area contributed by atoms with Gasteiger partial charge >= 0.3 is 0 Å². The third-order valence-electron chi connectivity index (χ3n) is 2.39. The number of anilines is 2. The number of hydrogen-bond acceptors (Lipinski definition) is 4. The molecule has 0 aliphatic heterocycles. The summed E-state index contributed by atoms with van der Waals surface area (Å²) in [4.78, 5) is 11.7. The molecule has 0 atom stereocenters. The molecule has 2 aromatic rings. The molecule has 0 unspecified atom stereocenters. The van der Waals surface area contributed by atoms with Gasteiger partial charge in [-0.3, -0.25) is 4.79 Å². The van der Waals surface area contributed by atoms with Crippen molar-refractivity contribution in [3.8, 4) is 0 Å². The van der Waals surface area contributed by atoms with Crippen LogP contribution in [0.2, 0.25) is 0 Å². The van der Waals surface area contributed by atoms with Crippen LogP contribution in [0.3, 0.4) is 0 Å². The van der Waals surface area contributed by atoms with Crippen molar-refractivity contribution in [3.63, 3.8) is 0 Å². The number of carbonyl (C=O) groups is 1. The molecule has 0 saturated carbocycles. The highest BCUT2D eigenvalue weighted by atomic mass is 16.5. The second-order valence-corrected chi connectivity index (χ2v) is 3.86. The van der Waals surface area contributed by atoms with Gasteiger partial charge in [0.2, 0.25) is 5.76 Å². The third-order valence-corrected chi connectivity index (χ3v) is 2.39. The molecule has 17 heavy (non-hydrogen) atoms. The lowest BCUT2D eigenvalue weighted by Crippen LogP contribution is -2.11. The monoisotopic (exact) mass is 231 g/mol. The molecule has 1 amide bonds. The Morgan fingerprint density at radius 1 is 1.35 bits per heavy atom. The lowest BCUT2D eigenvalue weighted by atomic mass is 10.2. The third kappa shape index (κ3) is 2.44. The molecule has 5 nitrogen and oxygen atoms in total. The summed E-state index contributed by atoms with van der Waals surface area (Å²) < 4.78 is 4.86. The van der Waals surface area contributed by atoms with Gasteiger partial charge < -0.3 is 15.6 Å². The van der Waals surface area contributed by atoms with Gasteiger partial charge in [-0.2, -0.15) is 0 Å². The molecule has 0 aliphatic carbocycles. The number of rotatable bonds is 2. The van der Waals surface area contributed by atoms with Gasteiger partial charge in [-0.05, 0) is 31.5 Å². The molecular weight excluding hydrogens is 218 g/mol. The van der Waals surface area contributed by atoms with Crippen LogP contribution >= 0.6 is 0 Å². The Bertz CT molecular complexity index is 561. The van der Waals surface area contributed by atoms with Crippen molar-refractivity contribution in [2.24, 2.45) is 0 Å². The van der Waals surface area contributed by atoms with E-state index in [0.29, 0.717) is 17.1 Å². The maximum absolute atomic E-state index is 11.7. The Morgan fingerprint density at radius 2 is 2.12 bits per heavy atom. The van der Waals surface area contributed by atoms with E-state index in [0.717, 1.165) is 5.56 Å². The molecule has 0 fully saturated rings. The Hall–Kier alpha value is -2.30. The van der Waals surface area contributed by atoms with E-state index in [9.17, 15) is 4.79 Å². The number of nitrogen functional groups attached to an aromatic ring is 1. The van der Waals surface area contributed by atoms with E-state index < -0.39 is 0 Å². The van der Waals surface area contributed by atoms with Gasteiger partial charge in [0.25, 0.3) is 5.91 Å². The molecule has 3 N–H and O–H groups in total. The number of amides is 1. The zero-order chi connectivity index (χ0) is 12.4. The highest BCUT2D eigenvalue weighted by Crippen LogP contribution is 2.17. The molecule has 5 heteroatoms. The molecule has 0 bridgehead atoms. The van der Waals surface area contributed by atoms with Gasteiger partial charge in [0.15, 0.2) is 0 Å². The molecule has 88 valence electrons. The minimum atomic E-state index is -0.339. The Morgan fingerprint density at radius 3 is 2.71 bits per heavy atom. The molecule has 0 radical (unpaired) electrons. The van der Waals surface area contributed by atoms with Crippen LogP contribution in [0, 0.1) is 13.8 Å². The van der Waals surface area contributed by atoms with Crippen molar-refractivity contribution < 1.29 is 9.32 Å². The van der Waals surface area contributed by atoms with Gasteiger partial charge in [-0.25, -0.2) is 0 Å². The van der Waals surface area contributed by atoms with Crippen LogP contribution in [0.5, 0.6) is 0 Å². The Labute approximate surface area is 98.6 Å². The van der Waals surface area contributed by atoms with E-state index in [-0.39, 0.29) is 11.7 Å². The fourth-order valence-electron chi connectivity index (χ4n) is 1.38. The zero-order valence-electron chi connectivity index (χ0n) is 9.65. The molecule has 0 aliphatic rings. The number of carbonyl (C=O) groups excluding carboxylic acids is 1. The predicted octanol–water partition coefficient (Wildman–Crippen LogP) is 2.13. The van der Waals surface area contributed by atoms with E-state index in [1.807, 2.05) is 13.0 Å². The van der Waals surface area contributed by atoms with Crippen LogP contribution < -0.4 is 11.1 Å². The number of benzene rings is 1. The standard InChI is InChI=1S/C12H13N3O2/c1-7-3-4-9(6-10(7)13)14-12(16)11-5-8(2)15-17-11/h3-6H,13H2,1-2H3,(H,14,16). The van der Waals surface area contributed by atoms with Crippen LogP contribution in [0.4, 0.5) is 11.4 Å². The molecule has 0 spiro atoms. The van der Waals surface area contributed by atoms with Crippen LogP contribution in [-0.2, 0) is 0 Å². The first-order valence-corrected chi connectivity index (χ1v) is 5.17. The summed E-state index contributed by atoms with van der Waals surface area (Å²) in [6, 6.07) is 6.91. The van der Waals surface area contributed by atoms with E-state index in [4.69, 9.17) is 10.3 Å². The predicted molar refractivity (Wildman–Crippen MR) is 64.8 cm³/mol. The van der Waals surface area contributed by atoms with Crippen molar-refractivity contribution in [2.45, 2.75) is 13.8 Å². The highest BCUT2D eigenvalue weighted by Gasteiger charge is 2.11. The van der Waals surface area contributed by atoms with Crippen molar-refractivity contribution in [1.29, 1.82) is 0 Å². The zero-order valence-corrected chi connectivity index (χ0v) is 9.65. The van der Waals surface area contributed by atoms with E-state index in [2.05, 4.69) is 10.5 Å². The fourth-order valence-corrected chi connectivity index (χ4v) is 1.38. The lowest BCUT2D eigenvalue weighted by molar-refractivity contribution is 0.0988. The first kappa shape index (κ1) is 11.2. The largest absolute Gasteiger partial charge is 0.398 e. The average molecular weight is 231 g/mol. The van der Waals surface area contributed by atoms with Gasteiger partial charge in [-0.15, -0.1) is 0 Å². The SMILES string of the molecule is Cc1cc(C(=O)Nc2ccc(C)c(N)c2)on1. The Kier molecular flexibility index (Phi) is 2.82. The van der Waals surface area contributed by atoms with Crippen LogP contribution in [0.25, 0.3) is 0 Å². The first-order chi connectivity index (χ1) is 8.06. The molecule has 0 saturated heterocycles. The summed E-state index contributed by atoms with van der Waals surface area (Å²) >= 11 is 0. The van der Waals surface area contributed by atoms with Gasteiger partial charge in [0.1, 0.15) is 0 Å². The normalized spacial score (nSPS) is 10.2. The molecule has 1 heterocycles. The molecule has 1 aromatic heterocycles. The highest BCUT2D eigenvalue weighted by molar-refractivity contribution is 6.02. The maximum atomic E-state index is 11.7. The number of hydrogen-bond donors (Lipinski definition) is 2. The minimum Gasteiger partial charge on any atom is -0.398 e. The number of nitrogens with zero attached hydrogens (tertiary/aromatic N) is 1. The molecule has 2 rings (SSSR count). The van der Waals surface area contributed by atoms with Crippen LogP contribution in [0.15, 0.2) is 28.8 Å². The van der Waals surface area contributed by atoms with Gasteiger partial charge in [0, 0.05) is 17.4 Å². The fraction of sp³-hybridized carbons (Fsp3) is 0.167. The van der Waals surface area contributed by atoms with Crippen molar-refractivity contribution in [1.82, 2.24) is 5.16 Å². The summed E-state index contributed by atoms with van der Waals surface area (Å²) in [6.45, 7) is 3.66. The smallest absolute Gasteiger partial charge is 0.294 e. The van der Waals surface area contributed by atoms with Crippen molar-refractivity contribution in [2.75, 3.05) is 11.1 Å².